The lowest BCUT2D eigenvalue weighted by Crippen LogP contribution is -2.28. The van der Waals surface area contributed by atoms with E-state index >= 15 is 13.2 Å². The number of unbranched alkanes of at least 4 members (excludes halogenated alkanes) is 2. The monoisotopic (exact) mass is 643 g/mol. The first-order chi connectivity index (χ1) is 22.0. The zero-order chi connectivity index (χ0) is 33.0. The van der Waals surface area contributed by atoms with Crippen LogP contribution in [0.15, 0.2) is 66.7 Å². The third-order valence-electron chi connectivity index (χ3n) is 7.68. The van der Waals surface area contributed by atoms with Crippen LogP contribution in [0, 0.1) is 46.3 Å². The lowest BCUT2D eigenvalue weighted by molar-refractivity contribution is -0.206. The molecule has 240 valence electrons. The van der Waals surface area contributed by atoms with Crippen molar-refractivity contribution in [1.29, 1.82) is 5.26 Å². The molecular weight excluding hydrogens is 615 g/mol. The first-order valence-electron chi connectivity index (χ1n) is 14.6. The minimum Gasteiger partial charge on any atom is -0.429 e. The Morgan fingerprint density at radius 1 is 0.761 bits per heavy atom. The van der Waals surface area contributed by atoms with E-state index in [1.807, 2.05) is 0 Å². The van der Waals surface area contributed by atoms with Crippen LogP contribution in [0.1, 0.15) is 55.6 Å². The summed E-state index contributed by atoms with van der Waals surface area (Å²) >= 11 is 0. The summed E-state index contributed by atoms with van der Waals surface area (Å²) in [6.45, 7) is 2.68. The van der Waals surface area contributed by atoms with E-state index in [-0.39, 0.29) is 39.3 Å². The molecular formula is C35H28F7NO3. The highest BCUT2D eigenvalue weighted by Gasteiger charge is 2.42. The number of ether oxygens (including phenoxy) is 3. The fourth-order valence-electron chi connectivity index (χ4n) is 5.27. The molecule has 1 aliphatic heterocycles. The summed E-state index contributed by atoms with van der Waals surface area (Å²) in [5.74, 6) is -6.58. The minimum absolute atomic E-state index is 0.0181. The Bertz CT molecular complexity index is 1740. The molecule has 1 saturated heterocycles. The molecule has 0 atom stereocenters. The second-order valence-corrected chi connectivity index (χ2v) is 11.0. The molecule has 5 rings (SSSR count). The summed E-state index contributed by atoms with van der Waals surface area (Å²) in [5, 5.41) is 8.88. The molecule has 0 aromatic heterocycles. The van der Waals surface area contributed by atoms with Crippen molar-refractivity contribution < 1.29 is 44.9 Å². The van der Waals surface area contributed by atoms with Crippen LogP contribution in [0.2, 0.25) is 0 Å². The Labute approximate surface area is 261 Å². The number of halogens is 7. The Hall–Kier alpha value is -4.40. The summed E-state index contributed by atoms with van der Waals surface area (Å²) in [7, 11) is 0. The Morgan fingerprint density at radius 3 is 1.91 bits per heavy atom. The van der Waals surface area contributed by atoms with Crippen LogP contribution in [0.3, 0.4) is 0 Å². The van der Waals surface area contributed by atoms with Crippen molar-refractivity contribution in [2.24, 2.45) is 5.92 Å². The predicted molar refractivity (Wildman–Crippen MR) is 155 cm³/mol. The van der Waals surface area contributed by atoms with E-state index in [1.165, 1.54) is 24.3 Å². The van der Waals surface area contributed by atoms with Gasteiger partial charge in [0.2, 0.25) is 0 Å². The van der Waals surface area contributed by atoms with Crippen LogP contribution in [-0.4, -0.2) is 13.2 Å². The molecule has 0 radical (unpaired) electrons. The average molecular weight is 644 g/mol. The Morgan fingerprint density at radius 2 is 1.35 bits per heavy atom. The van der Waals surface area contributed by atoms with Gasteiger partial charge in [0.25, 0.3) is 0 Å². The molecule has 0 N–H and O–H groups in total. The zero-order valence-electron chi connectivity index (χ0n) is 24.6. The fourth-order valence-corrected chi connectivity index (χ4v) is 5.27. The van der Waals surface area contributed by atoms with Crippen molar-refractivity contribution in [2.45, 2.75) is 45.0 Å². The molecule has 0 bridgehead atoms. The SMILES string of the molecule is CCCCCC1COC(c2cc(F)c(C(F)(F)Oc3ccc(-c4ccc(-c5ccc(C#N)c(F)c5)c(F)c4)c(F)c3)c(F)c2)OC1. The van der Waals surface area contributed by atoms with Gasteiger partial charge >= 0.3 is 6.11 Å². The van der Waals surface area contributed by atoms with Gasteiger partial charge in [0.15, 0.2) is 6.29 Å². The van der Waals surface area contributed by atoms with Crippen molar-refractivity contribution in [3.63, 3.8) is 0 Å². The number of nitrogens with zero attached hydrogens (tertiary/aromatic N) is 1. The van der Waals surface area contributed by atoms with Crippen LogP contribution in [-0.2, 0) is 15.6 Å². The third kappa shape index (κ3) is 7.19. The van der Waals surface area contributed by atoms with Gasteiger partial charge in [0.05, 0.1) is 18.8 Å². The highest BCUT2D eigenvalue weighted by Crippen LogP contribution is 2.39. The van der Waals surface area contributed by atoms with Crippen LogP contribution < -0.4 is 4.74 Å². The van der Waals surface area contributed by atoms with E-state index in [1.54, 1.807) is 6.07 Å². The third-order valence-corrected chi connectivity index (χ3v) is 7.68. The van der Waals surface area contributed by atoms with Crippen molar-refractivity contribution in [1.82, 2.24) is 0 Å². The lowest BCUT2D eigenvalue weighted by Gasteiger charge is -2.30. The van der Waals surface area contributed by atoms with Crippen LogP contribution >= 0.6 is 0 Å². The molecule has 0 unspecified atom stereocenters. The molecule has 0 aliphatic carbocycles. The molecule has 4 aromatic rings. The van der Waals surface area contributed by atoms with Crippen molar-refractivity contribution in [2.75, 3.05) is 13.2 Å². The van der Waals surface area contributed by atoms with Gasteiger partial charge in [-0.15, -0.1) is 0 Å². The molecule has 4 nitrogen and oxygen atoms in total. The summed E-state index contributed by atoms with van der Waals surface area (Å²) < 4.78 is 120. The first-order valence-corrected chi connectivity index (χ1v) is 14.6. The molecule has 4 aromatic carbocycles. The molecule has 0 spiro atoms. The Balaban J connectivity index is 1.30. The second-order valence-electron chi connectivity index (χ2n) is 11.0. The summed E-state index contributed by atoms with van der Waals surface area (Å²) in [6.07, 6.45) is -1.68. The van der Waals surface area contributed by atoms with E-state index in [2.05, 4.69) is 11.7 Å². The number of rotatable bonds is 10. The second kappa shape index (κ2) is 13.9. The highest BCUT2D eigenvalue weighted by atomic mass is 19.3. The smallest absolute Gasteiger partial charge is 0.429 e. The van der Waals surface area contributed by atoms with E-state index in [0.717, 1.165) is 49.9 Å². The molecule has 46 heavy (non-hydrogen) atoms. The van der Waals surface area contributed by atoms with Gasteiger partial charge in [-0.3, -0.25) is 0 Å². The minimum atomic E-state index is -4.54. The standard InChI is InChI=1S/C35H28F7NO3/c1-2-3-4-5-20-18-44-34(45-19-20)24-14-31(39)33(32(40)15-24)35(41,42)46-25-9-11-27(30(38)16-25)22-8-10-26(29(37)13-22)21-6-7-23(17-43)28(36)12-21/h6-16,20,34H,2-5,18-19H2,1H3. The number of hydrogen-bond donors (Lipinski definition) is 0. The lowest BCUT2D eigenvalue weighted by atomic mass is 9.98. The molecule has 0 saturated carbocycles. The van der Waals surface area contributed by atoms with Gasteiger partial charge in [-0.25, -0.2) is 22.0 Å². The maximum atomic E-state index is 15.0. The summed E-state index contributed by atoms with van der Waals surface area (Å²) in [5.41, 5.74) is -2.04. The van der Waals surface area contributed by atoms with E-state index in [4.69, 9.17) is 14.7 Å². The van der Waals surface area contributed by atoms with Crippen LogP contribution in [0.5, 0.6) is 5.75 Å². The first kappa shape index (κ1) is 33.0. The maximum Gasteiger partial charge on any atom is 0.432 e. The van der Waals surface area contributed by atoms with Gasteiger partial charge in [0.1, 0.15) is 46.5 Å². The molecule has 1 fully saturated rings. The molecule has 1 heterocycles. The van der Waals surface area contributed by atoms with E-state index in [9.17, 15) is 17.6 Å². The zero-order valence-corrected chi connectivity index (χ0v) is 24.6. The normalized spacial score (nSPS) is 16.7. The van der Waals surface area contributed by atoms with Crippen molar-refractivity contribution in [3.05, 3.63) is 113 Å². The number of hydrogen-bond acceptors (Lipinski definition) is 4. The topological polar surface area (TPSA) is 51.5 Å². The largest absolute Gasteiger partial charge is 0.432 e. The van der Waals surface area contributed by atoms with Crippen molar-refractivity contribution >= 4 is 0 Å². The quantitative estimate of drug-likeness (QED) is 0.128. The molecule has 1 aliphatic rings. The van der Waals surface area contributed by atoms with E-state index in [0.29, 0.717) is 31.4 Å². The number of nitriles is 1. The molecule has 0 amide bonds. The van der Waals surface area contributed by atoms with Gasteiger partial charge in [-0.2, -0.15) is 14.0 Å². The summed E-state index contributed by atoms with van der Waals surface area (Å²) in [4.78, 5) is 0. The Kier molecular flexibility index (Phi) is 9.99. The van der Waals surface area contributed by atoms with Crippen LogP contribution in [0.4, 0.5) is 30.7 Å². The maximum absolute atomic E-state index is 15.0. The predicted octanol–water partition coefficient (Wildman–Crippen LogP) is 9.96. The van der Waals surface area contributed by atoms with Crippen molar-refractivity contribution in [3.8, 4) is 34.1 Å². The molecule has 11 heteroatoms. The number of alkyl halides is 2. The van der Waals surface area contributed by atoms with Gasteiger partial charge in [-0.1, -0.05) is 44.4 Å². The van der Waals surface area contributed by atoms with Gasteiger partial charge in [-0.05, 0) is 60.0 Å². The summed E-state index contributed by atoms with van der Waals surface area (Å²) in [6, 6.07) is 12.7. The van der Waals surface area contributed by atoms with Crippen LogP contribution in [0.25, 0.3) is 22.3 Å². The van der Waals surface area contributed by atoms with E-state index < -0.39 is 52.8 Å². The van der Waals surface area contributed by atoms with Gasteiger partial charge in [0, 0.05) is 28.7 Å². The van der Waals surface area contributed by atoms with Gasteiger partial charge < -0.3 is 14.2 Å². The fraction of sp³-hybridized carbons (Fsp3) is 0.286. The highest BCUT2D eigenvalue weighted by molar-refractivity contribution is 5.72. The number of benzene rings is 4. The average Bonchev–Trinajstić information content (AvgIpc) is 3.01.